The average Bonchev–Trinajstić information content (AvgIpc) is 2.97. The molecule has 0 aliphatic carbocycles. The molecule has 0 aromatic heterocycles. The number of piperidine rings is 1. The van der Waals surface area contributed by atoms with Gasteiger partial charge in [0, 0.05) is 24.7 Å². The molecular formula is C29H30ClN3O5S. The summed E-state index contributed by atoms with van der Waals surface area (Å²) in [6.45, 7) is 0.893. The van der Waals surface area contributed by atoms with Crippen LogP contribution in [0.2, 0.25) is 5.02 Å². The predicted octanol–water partition coefficient (Wildman–Crippen LogP) is 3.89. The van der Waals surface area contributed by atoms with Crippen molar-refractivity contribution in [1.29, 1.82) is 0 Å². The van der Waals surface area contributed by atoms with Gasteiger partial charge < -0.3 is 15.0 Å². The highest BCUT2D eigenvalue weighted by molar-refractivity contribution is 7.89. The second-order valence-electron chi connectivity index (χ2n) is 9.71. The van der Waals surface area contributed by atoms with Gasteiger partial charge in [0.05, 0.1) is 23.0 Å². The van der Waals surface area contributed by atoms with E-state index in [0.29, 0.717) is 48.8 Å². The second-order valence-corrected chi connectivity index (χ2v) is 12.1. The zero-order chi connectivity index (χ0) is 27.4. The molecule has 2 atom stereocenters. The third kappa shape index (κ3) is 6.11. The number of rotatable bonds is 7. The summed E-state index contributed by atoms with van der Waals surface area (Å²) in [6, 6.07) is 23.0. The molecule has 2 amide bonds. The molecule has 0 radical (unpaired) electrons. The molecule has 3 aromatic rings. The van der Waals surface area contributed by atoms with Gasteiger partial charge in [-0.15, -0.1) is 0 Å². The number of hydrogen-bond donors (Lipinski definition) is 1. The fourth-order valence-electron chi connectivity index (χ4n) is 5.01. The van der Waals surface area contributed by atoms with E-state index < -0.39 is 22.0 Å². The predicted molar refractivity (Wildman–Crippen MR) is 149 cm³/mol. The van der Waals surface area contributed by atoms with Crippen molar-refractivity contribution in [3.05, 3.63) is 89.4 Å². The maximum atomic E-state index is 13.8. The van der Waals surface area contributed by atoms with E-state index in [9.17, 15) is 18.0 Å². The fraction of sp³-hybridized carbons (Fsp3) is 0.310. The molecule has 0 bridgehead atoms. The molecule has 8 nitrogen and oxygen atoms in total. The van der Waals surface area contributed by atoms with Crippen LogP contribution in [-0.4, -0.2) is 56.8 Å². The maximum Gasteiger partial charge on any atom is 0.262 e. The molecule has 2 heterocycles. The third-order valence-electron chi connectivity index (χ3n) is 7.07. The highest BCUT2D eigenvalue weighted by Gasteiger charge is 2.39. The standard InChI is InChI=1S/C29H30ClN3O5S/c30-23-12-14-24(15-13-23)39(36,37)32-18-6-9-22(19-32)29(35)33-20-27(38-26-11-5-4-10-25(26)33)28(34)31-17-16-21-7-2-1-3-8-21/h1-5,7-8,10-15,22,27H,6,9,16-20H2,(H,31,34). The van der Waals surface area contributed by atoms with Gasteiger partial charge in [-0.2, -0.15) is 4.31 Å². The zero-order valence-corrected chi connectivity index (χ0v) is 22.9. The molecule has 0 saturated carbocycles. The minimum Gasteiger partial charge on any atom is -0.477 e. The van der Waals surface area contributed by atoms with E-state index in [-0.39, 0.29) is 29.8 Å². The van der Waals surface area contributed by atoms with Crippen LogP contribution in [0.5, 0.6) is 5.75 Å². The SMILES string of the molecule is O=C(NCCc1ccccc1)C1CN(C(=O)C2CCCN(S(=O)(=O)c3ccc(Cl)cc3)C2)c2ccccc2O1. The number of nitrogens with one attached hydrogen (secondary N) is 1. The summed E-state index contributed by atoms with van der Waals surface area (Å²) in [6.07, 6.45) is 0.910. The van der Waals surface area contributed by atoms with Crippen molar-refractivity contribution in [3.8, 4) is 5.75 Å². The molecule has 1 N–H and O–H groups in total. The fourth-order valence-corrected chi connectivity index (χ4v) is 6.66. The number of carbonyl (C=O) groups is 2. The van der Waals surface area contributed by atoms with E-state index in [1.807, 2.05) is 30.3 Å². The van der Waals surface area contributed by atoms with Crippen LogP contribution in [0.3, 0.4) is 0 Å². The number of amides is 2. The van der Waals surface area contributed by atoms with E-state index >= 15 is 0 Å². The van der Waals surface area contributed by atoms with Crippen molar-refractivity contribution in [3.63, 3.8) is 0 Å². The van der Waals surface area contributed by atoms with E-state index in [2.05, 4.69) is 5.32 Å². The molecule has 5 rings (SSSR count). The van der Waals surface area contributed by atoms with Gasteiger partial charge in [0.15, 0.2) is 6.10 Å². The molecule has 2 unspecified atom stereocenters. The summed E-state index contributed by atoms with van der Waals surface area (Å²) < 4.78 is 33.9. The summed E-state index contributed by atoms with van der Waals surface area (Å²) in [7, 11) is -3.78. The molecule has 1 fully saturated rings. The van der Waals surface area contributed by atoms with Gasteiger partial charge in [0.2, 0.25) is 15.9 Å². The highest BCUT2D eigenvalue weighted by atomic mass is 35.5. The Balaban J connectivity index is 1.29. The quantitative estimate of drug-likeness (QED) is 0.467. The van der Waals surface area contributed by atoms with E-state index in [0.717, 1.165) is 5.56 Å². The molecule has 1 saturated heterocycles. The van der Waals surface area contributed by atoms with Gasteiger partial charge in [-0.25, -0.2) is 8.42 Å². The number of ether oxygens (including phenoxy) is 1. The minimum absolute atomic E-state index is 0.0491. The van der Waals surface area contributed by atoms with Crippen molar-refractivity contribution in [2.24, 2.45) is 5.92 Å². The Hall–Kier alpha value is -3.40. The largest absolute Gasteiger partial charge is 0.477 e. The number of benzene rings is 3. The number of hydrogen-bond acceptors (Lipinski definition) is 5. The summed E-state index contributed by atoms with van der Waals surface area (Å²) >= 11 is 5.93. The minimum atomic E-state index is -3.78. The molecule has 39 heavy (non-hydrogen) atoms. The van der Waals surface area contributed by atoms with Crippen molar-refractivity contribution >= 4 is 39.1 Å². The summed E-state index contributed by atoms with van der Waals surface area (Å²) in [5.41, 5.74) is 1.69. The number of halogens is 1. The van der Waals surface area contributed by atoms with Gasteiger partial charge in [-0.1, -0.05) is 54.1 Å². The topological polar surface area (TPSA) is 96.0 Å². The molecular weight excluding hydrogens is 538 g/mol. The lowest BCUT2D eigenvalue weighted by molar-refractivity contribution is -0.129. The summed E-state index contributed by atoms with van der Waals surface area (Å²) in [5.74, 6) is -0.617. The summed E-state index contributed by atoms with van der Waals surface area (Å²) in [4.78, 5) is 28.6. The highest BCUT2D eigenvalue weighted by Crippen LogP contribution is 2.35. The Bertz CT molecular complexity index is 1430. The van der Waals surface area contributed by atoms with Crippen LogP contribution in [0.4, 0.5) is 5.69 Å². The zero-order valence-electron chi connectivity index (χ0n) is 21.3. The molecule has 2 aliphatic heterocycles. The van der Waals surface area contributed by atoms with Crippen LogP contribution in [0, 0.1) is 5.92 Å². The Morgan fingerprint density at radius 2 is 1.67 bits per heavy atom. The van der Waals surface area contributed by atoms with Crippen LogP contribution in [0.25, 0.3) is 0 Å². The lowest BCUT2D eigenvalue weighted by Crippen LogP contribution is -2.54. The van der Waals surface area contributed by atoms with Crippen LogP contribution >= 0.6 is 11.6 Å². The molecule has 0 spiro atoms. The lowest BCUT2D eigenvalue weighted by Gasteiger charge is -2.38. The molecule has 3 aromatic carbocycles. The normalized spacial score (nSPS) is 19.6. The number of anilines is 1. The maximum absolute atomic E-state index is 13.8. The van der Waals surface area contributed by atoms with Crippen LogP contribution in [-0.2, 0) is 26.0 Å². The average molecular weight is 568 g/mol. The van der Waals surface area contributed by atoms with Crippen LogP contribution in [0.1, 0.15) is 18.4 Å². The van der Waals surface area contributed by atoms with Gasteiger partial charge >= 0.3 is 0 Å². The van der Waals surface area contributed by atoms with Crippen molar-refractivity contribution in [2.45, 2.75) is 30.3 Å². The van der Waals surface area contributed by atoms with Gasteiger partial charge in [-0.05, 0) is 61.2 Å². The first-order valence-electron chi connectivity index (χ1n) is 13.0. The first-order chi connectivity index (χ1) is 18.8. The number of carbonyl (C=O) groups excluding carboxylic acids is 2. The van der Waals surface area contributed by atoms with Crippen molar-refractivity contribution in [1.82, 2.24) is 9.62 Å². The summed E-state index contributed by atoms with van der Waals surface area (Å²) in [5, 5.41) is 3.37. The van der Waals surface area contributed by atoms with E-state index in [4.69, 9.17) is 16.3 Å². The van der Waals surface area contributed by atoms with E-state index in [1.54, 1.807) is 29.2 Å². The van der Waals surface area contributed by atoms with Gasteiger partial charge in [0.25, 0.3) is 5.91 Å². The number of fused-ring (bicyclic) bond motifs is 1. The number of sulfonamides is 1. The third-order valence-corrected chi connectivity index (χ3v) is 9.20. The molecule has 10 heteroatoms. The first-order valence-corrected chi connectivity index (χ1v) is 14.8. The van der Waals surface area contributed by atoms with Crippen LogP contribution in [0.15, 0.2) is 83.8 Å². The Morgan fingerprint density at radius 1 is 0.949 bits per heavy atom. The van der Waals surface area contributed by atoms with Gasteiger partial charge in [-0.3, -0.25) is 9.59 Å². The lowest BCUT2D eigenvalue weighted by atomic mass is 9.97. The van der Waals surface area contributed by atoms with Crippen LogP contribution < -0.4 is 15.0 Å². The second kappa shape index (κ2) is 11.8. The Morgan fingerprint density at radius 3 is 2.44 bits per heavy atom. The van der Waals surface area contributed by atoms with E-state index in [1.165, 1.54) is 28.6 Å². The van der Waals surface area contributed by atoms with Crippen molar-refractivity contribution < 1.29 is 22.7 Å². The first kappa shape index (κ1) is 27.2. The van der Waals surface area contributed by atoms with Gasteiger partial charge in [0.1, 0.15) is 5.75 Å². The number of para-hydroxylation sites is 2. The smallest absolute Gasteiger partial charge is 0.262 e. The Kier molecular flexibility index (Phi) is 8.20. The van der Waals surface area contributed by atoms with Crippen molar-refractivity contribution in [2.75, 3.05) is 31.1 Å². The molecule has 204 valence electrons. The Labute approximate surface area is 233 Å². The number of nitrogens with zero attached hydrogens (tertiary/aromatic N) is 2. The monoisotopic (exact) mass is 567 g/mol. The molecule has 2 aliphatic rings.